The molecule has 41 heavy (non-hydrogen) atoms. The fourth-order valence-electron chi connectivity index (χ4n) is 5.91. The van der Waals surface area contributed by atoms with Crippen molar-refractivity contribution < 1.29 is 24.7 Å². The normalized spacial score (nSPS) is 20.0. The molecule has 2 heterocycles. The number of para-hydroxylation sites is 1. The van der Waals surface area contributed by atoms with Crippen LogP contribution in [0.3, 0.4) is 0 Å². The van der Waals surface area contributed by atoms with Crippen molar-refractivity contribution in [3.8, 4) is 5.75 Å². The molecule has 5 N–H and O–H groups in total. The van der Waals surface area contributed by atoms with E-state index in [-0.39, 0.29) is 24.3 Å². The number of rotatable bonds is 12. The van der Waals surface area contributed by atoms with Crippen molar-refractivity contribution in [3.63, 3.8) is 0 Å². The van der Waals surface area contributed by atoms with Crippen LogP contribution in [0.1, 0.15) is 67.6 Å². The second-order valence-corrected chi connectivity index (χ2v) is 11.1. The van der Waals surface area contributed by atoms with Crippen molar-refractivity contribution in [2.45, 2.75) is 71.2 Å². The summed E-state index contributed by atoms with van der Waals surface area (Å²) in [5.41, 5.74) is 6.73. The number of hydrogen-bond donors (Lipinski definition) is 5. The molecule has 2 amide bonds. The fraction of sp³-hybridized carbons (Fsp3) is 0.452. The average Bonchev–Trinajstić information content (AvgIpc) is 2.97. The first kappa shape index (κ1) is 30.4. The first-order valence-corrected chi connectivity index (χ1v) is 14.2. The van der Waals surface area contributed by atoms with Gasteiger partial charge in [-0.05, 0) is 75.4 Å². The van der Waals surface area contributed by atoms with Gasteiger partial charge in [-0.25, -0.2) is 11.0 Å². The molecule has 1 aromatic heterocycles. The number of aromatic nitrogens is 1. The SMILES string of the molecule is CCC[C@]1(NC(=O)c2ccc(OCc3cc(C)nc4ccccc34)cc2)CC(CC(=O)NO)CCN1CC(C)NO. The van der Waals surface area contributed by atoms with Crippen molar-refractivity contribution in [1.82, 2.24) is 26.2 Å². The number of piperidine rings is 1. The summed E-state index contributed by atoms with van der Waals surface area (Å²) in [5, 5.41) is 22.9. The molecule has 0 aliphatic carbocycles. The van der Waals surface area contributed by atoms with Gasteiger partial charge in [0.1, 0.15) is 12.4 Å². The Bertz CT molecular complexity index is 1330. The molecular formula is C31H41N5O5. The number of benzene rings is 2. The van der Waals surface area contributed by atoms with Crippen molar-refractivity contribution in [2.24, 2.45) is 5.92 Å². The zero-order chi connectivity index (χ0) is 29.4. The summed E-state index contributed by atoms with van der Waals surface area (Å²) in [6, 6.07) is 16.9. The Balaban J connectivity index is 1.49. The van der Waals surface area contributed by atoms with E-state index in [0.29, 0.717) is 43.9 Å². The Kier molecular flexibility index (Phi) is 10.3. The van der Waals surface area contributed by atoms with Gasteiger partial charge in [0.25, 0.3) is 5.91 Å². The highest BCUT2D eigenvalue weighted by molar-refractivity contribution is 5.94. The zero-order valence-corrected chi connectivity index (χ0v) is 24.0. The predicted octanol–water partition coefficient (Wildman–Crippen LogP) is 4.32. The van der Waals surface area contributed by atoms with Crippen LogP contribution in [0.2, 0.25) is 0 Å². The first-order valence-electron chi connectivity index (χ1n) is 14.2. The number of ether oxygens (including phenoxy) is 1. The Morgan fingerprint density at radius 2 is 1.93 bits per heavy atom. The highest BCUT2D eigenvalue weighted by atomic mass is 16.5. The van der Waals surface area contributed by atoms with Crippen LogP contribution in [0.15, 0.2) is 54.6 Å². The van der Waals surface area contributed by atoms with E-state index in [2.05, 4.69) is 27.6 Å². The summed E-state index contributed by atoms with van der Waals surface area (Å²) >= 11 is 0. The molecule has 1 fully saturated rings. The summed E-state index contributed by atoms with van der Waals surface area (Å²) in [7, 11) is 0. The number of hydroxylamine groups is 2. The number of likely N-dealkylation sites (tertiary alicyclic amines) is 1. The second kappa shape index (κ2) is 13.9. The van der Waals surface area contributed by atoms with Crippen LogP contribution in [0.5, 0.6) is 5.75 Å². The first-order chi connectivity index (χ1) is 19.8. The number of aryl methyl sites for hydroxylation is 1. The van der Waals surface area contributed by atoms with Gasteiger partial charge in [-0.2, -0.15) is 0 Å². The van der Waals surface area contributed by atoms with E-state index in [4.69, 9.17) is 9.94 Å². The molecule has 220 valence electrons. The number of carbonyl (C=O) groups is 2. The minimum absolute atomic E-state index is 0.00804. The molecule has 2 unspecified atom stereocenters. The van der Waals surface area contributed by atoms with Crippen molar-refractivity contribution in [3.05, 3.63) is 71.4 Å². The molecule has 0 bridgehead atoms. The van der Waals surface area contributed by atoms with E-state index < -0.39 is 11.6 Å². The minimum Gasteiger partial charge on any atom is -0.489 e. The van der Waals surface area contributed by atoms with Gasteiger partial charge < -0.3 is 15.3 Å². The van der Waals surface area contributed by atoms with Crippen LogP contribution in [-0.2, 0) is 11.4 Å². The molecule has 0 radical (unpaired) electrons. The van der Waals surface area contributed by atoms with Crippen LogP contribution in [0.4, 0.5) is 0 Å². The number of fused-ring (bicyclic) bond motifs is 1. The Labute approximate surface area is 241 Å². The number of nitrogens with zero attached hydrogens (tertiary/aromatic N) is 2. The molecular weight excluding hydrogens is 522 g/mol. The molecule has 10 heteroatoms. The van der Waals surface area contributed by atoms with E-state index in [1.165, 1.54) is 0 Å². The summed E-state index contributed by atoms with van der Waals surface area (Å²) in [4.78, 5) is 32.3. The largest absolute Gasteiger partial charge is 0.489 e. The van der Waals surface area contributed by atoms with Crippen molar-refractivity contribution in [2.75, 3.05) is 13.1 Å². The topological polar surface area (TPSA) is 136 Å². The molecule has 1 aliphatic rings. The maximum absolute atomic E-state index is 13.6. The van der Waals surface area contributed by atoms with Crippen LogP contribution < -0.4 is 21.0 Å². The number of nitrogens with one attached hydrogen (secondary N) is 3. The molecule has 1 aliphatic heterocycles. The lowest BCUT2D eigenvalue weighted by Gasteiger charge is -2.51. The van der Waals surface area contributed by atoms with Crippen LogP contribution in [-0.4, -0.2) is 56.9 Å². The third-order valence-corrected chi connectivity index (χ3v) is 7.80. The third-order valence-electron chi connectivity index (χ3n) is 7.80. The predicted molar refractivity (Wildman–Crippen MR) is 156 cm³/mol. The summed E-state index contributed by atoms with van der Waals surface area (Å²) in [5.74, 6) is -0.00869. The average molecular weight is 564 g/mol. The van der Waals surface area contributed by atoms with Crippen molar-refractivity contribution >= 4 is 22.7 Å². The van der Waals surface area contributed by atoms with Gasteiger partial charge in [0.15, 0.2) is 0 Å². The number of amides is 2. The number of hydrogen-bond acceptors (Lipinski definition) is 8. The third kappa shape index (κ3) is 7.59. The molecule has 1 saturated heterocycles. The van der Waals surface area contributed by atoms with Crippen molar-refractivity contribution in [1.29, 1.82) is 0 Å². The van der Waals surface area contributed by atoms with Gasteiger partial charge >= 0.3 is 0 Å². The lowest BCUT2D eigenvalue weighted by atomic mass is 9.81. The second-order valence-electron chi connectivity index (χ2n) is 11.1. The van der Waals surface area contributed by atoms with E-state index in [0.717, 1.165) is 35.0 Å². The molecule has 4 rings (SSSR count). The monoisotopic (exact) mass is 563 g/mol. The zero-order valence-electron chi connectivity index (χ0n) is 24.0. The maximum atomic E-state index is 13.6. The van der Waals surface area contributed by atoms with Gasteiger partial charge in [0.2, 0.25) is 5.91 Å². The Morgan fingerprint density at radius 3 is 2.63 bits per heavy atom. The Morgan fingerprint density at radius 1 is 1.17 bits per heavy atom. The smallest absolute Gasteiger partial charge is 0.252 e. The lowest BCUT2D eigenvalue weighted by Crippen LogP contribution is -2.65. The van der Waals surface area contributed by atoms with E-state index in [1.54, 1.807) is 29.7 Å². The summed E-state index contributed by atoms with van der Waals surface area (Å²) in [6.45, 7) is 7.44. The Hall–Kier alpha value is -3.57. The number of pyridine rings is 1. The molecule has 2 aromatic carbocycles. The standard InChI is InChI=1S/C31H41N5O5/c1-4-14-31(18-23(17-29(37)35-40)13-15-36(31)19-22(3)34-39)33-30(38)24-9-11-26(12-10-24)41-20-25-16-21(2)32-28-8-6-5-7-27(25)28/h5-12,16,22-23,34,39-40H,4,13-15,17-20H2,1-3H3,(H,33,38)(H,35,37)/t22?,23?,31-/m1/s1. The van der Waals surface area contributed by atoms with Crippen LogP contribution >= 0.6 is 0 Å². The molecule has 10 nitrogen and oxygen atoms in total. The summed E-state index contributed by atoms with van der Waals surface area (Å²) < 4.78 is 6.08. The lowest BCUT2D eigenvalue weighted by molar-refractivity contribution is -0.131. The quantitative estimate of drug-likeness (QED) is 0.162. The van der Waals surface area contributed by atoms with E-state index >= 15 is 0 Å². The summed E-state index contributed by atoms with van der Waals surface area (Å²) in [6.07, 6.45) is 2.96. The van der Waals surface area contributed by atoms with Crippen LogP contribution in [0.25, 0.3) is 10.9 Å². The molecule has 0 saturated carbocycles. The highest BCUT2D eigenvalue weighted by Gasteiger charge is 2.43. The minimum atomic E-state index is -0.703. The van der Waals surface area contributed by atoms with Gasteiger partial charge in [-0.1, -0.05) is 31.5 Å². The number of carbonyl (C=O) groups excluding carboxylic acids is 2. The van der Waals surface area contributed by atoms with Gasteiger partial charge in [0.05, 0.1) is 11.2 Å². The molecule has 3 atom stereocenters. The van der Waals surface area contributed by atoms with E-state index in [9.17, 15) is 14.8 Å². The van der Waals surface area contributed by atoms with Crippen LogP contribution in [0, 0.1) is 12.8 Å². The maximum Gasteiger partial charge on any atom is 0.252 e. The van der Waals surface area contributed by atoms with E-state index in [1.807, 2.05) is 44.2 Å². The molecule has 3 aromatic rings. The van der Waals surface area contributed by atoms with Gasteiger partial charge in [-0.15, -0.1) is 0 Å². The van der Waals surface area contributed by atoms with Gasteiger partial charge in [0, 0.05) is 47.8 Å². The van der Waals surface area contributed by atoms with Gasteiger partial charge in [-0.3, -0.25) is 24.7 Å². The fourth-order valence-corrected chi connectivity index (χ4v) is 5.91. The molecule has 0 spiro atoms. The highest BCUT2D eigenvalue weighted by Crippen LogP contribution is 2.36.